The number of hydrogen-bond donors (Lipinski definition) is 0. The van der Waals surface area contributed by atoms with Gasteiger partial charge in [0.25, 0.3) is 5.56 Å². The van der Waals surface area contributed by atoms with E-state index in [1.54, 1.807) is 31.3 Å². The number of fused-ring (bicyclic) bond motifs is 1. The molecular formula is C20H16BrIN4O3. The zero-order valence-electron chi connectivity index (χ0n) is 15.6. The Labute approximate surface area is 189 Å². The second-order valence-electron chi connectivity index (χ2n) is 5.89. The Morgan fingerprint density at radius 3 is 2.86 bits per heavy atom. The highest BCUT2D eigenvalue weighted by atomic mass is 127. The average Bonchev–Trinajstić information content (AvgIpc) is 2.68. The third-order valence-corrected chi connectivity index (χ3v) is 5.20. The van der Waals surface area contributed by atoms with Crippen LogP contribution in [0.1, 0.15) is 18.3 Å². The molecule has 0 atom stereocenters. The highest BCUT2D eigenvalue weighted by molar-refractivity contribution is 14.1. The van der Waals surface area contributed by atoms with Crippen LogP contribution in [0.3, 0.4) is 0 Å². The summed E-state index contributed by atoms with van der Waals surface area (Å²) in [4.78, 5) is 17.3. The van der Waals surface area contributed by atoms with Crippen molar-refractivity contribution < 1.29 is 9.47 Å². The number of aromatic nitrogens is 2. The van der Waals surface area contributed by atoms with E-state index in [0.29, 0.717) is 34.8 Å². The first-order chi connectivity index (χ1) is 13.9. The number of nitriles is 1. The molecule has 0 spiro atoms. The van der Waals surface area contributed by atoms with Gasteiger partial charge in [-0.3, -0.25) is 4.79 Å². The van der Waals surface area contributed by atoms with E-state index in [0.717, 1.165) is 13.6 Å². The Kier molecular flexibility index (Phi) is 6.87. The van der Waals surface area contributed by atoms with Gasteiger partial charge in [-0.1, -0.05) is 15.9 Å². The molecular weight excluding hydrogens is 551 g/mol. The Morgan fingerprint density at radius 2 is 2.14 bits per heavy atom. The summed E-state index contributed by atoms with van der Waals surface area (Å²) >= 11 is 5.49. The van der Waals surface area contributed by atoms with Crippen molar-refractivity contribution in [3.05, 3.63) is 60.1 Å². The molecule has 0 saturated carbocycles. The van der Waals surface area contributed by atoms with Crippen molar-refractivity contribution >= 4 is 55.6 Å². The number of rotatable bonds is 6. The third-order valence-electron chi connectivity index (χ3n) is 3.91. The van der Waals surface area contributed by atoms with Crippen LogP contribution >= 0.6 is 38.5 Å². The van der Waals surface area contributed by atoms with Gasteiger partial charge in [-0.2, -0.15) is 15.0 Å². The van der Waals surface area contributed by atoms with E-state index in [9.17, 15) is 4.79 Å². The van der Waals surface area contributed by atoms with Gasteiger partial charge in [-0.15, -0.1) is 0 Å². The van der Waals surface area contributed by atoms with E-state index in [1.165, 1.54) is 4.68 Å². The average molecular weight is 567 g/mol. The minimum absolute atomic E-state index is 0.0730. The van der Waals surface area contributed by atoms with E-state index >= 15 is 0 Å². The molecule has 0 N–H and O–H groups in total. The molecule has 2 aromatic carbocycles. The topological polar surface area (TPSA) is 89.5 Å². The molecule has 0 radical (unpaired) electrons. The third kappa shape index (κ3) is 4.76. The van der Waals surface area contributed by atoms with E-state index in [2.05, 4.69) is 48.6 Å². The van der Waals surface area contributed by atoms with E-state index < -0.39 is 0 Å². The number of ether oxygens (including phenoxy) is 2. The summed E-state index contributed by atoms with van der Waals surface area (Å²) in [6.07, 6.45) is 1.57. The lowest BCUT2D eigenvalue weighted by Gasteiger charge is -2.13. The maximum absolute atomic E-state index is 12.8. The summed E-state index contributed by atoms with van der Waals surface area (Å²) in [7, 11) is 0. The summed E-state index contributed by atoms with van der Waals surface area (Å²) < 4.78 is 14.0. The Bertz CT molecular complexity index is 1200. The largest absolute Gasteiger partial charge is 0.490 e. The van der Waals surface area contributed by atoms with Crippen molar-refractivity contribution in [2.24, 2.45) is 5.10 Å². The lowest BCUT2D eigenvalue weighted by atomic mass is 10.2. The molecule has 148 valence electrons. The molecule has 0 bridgehead atoms. The van der Waals surface area contributed by atoms with Gasteiger partial charge in [0, 0.05) is 4.47 Å². The molecule has 0 aliphatic carbocycles. The van der Waals surface area contributed by atoms with Crippen LogP contribution in [-0.4, -0.2) is 29.1 Å². The molecule has 7 nitrogen and oxygen atoms in total. The fraction of sp³-hybridized carbons (Fsp3) is 0.200. The van der Waals surface area contributed by atoms with Crippen LogP contribution in [0.2, 0.25) is 0 Å². The smallest absolute Gasteiger partial charge is 0.282 e. The summed E-state index contributed by atoms with van der Waals surface area (Å²) in [6.45, 7) is 3.97. The first-order valence-electron chi connectivity index (χ1n) is 8.64. The SMILES string of the molecule is CCOc1cc(C=Nn2c(C)nc3ccc(Br)cc3c2=O)cc(I)c1OCC#N. The Balaban J connectivity index is 2.04. The number of halogens is 2. The molecule has 3 aromatic rings. The lowest BCUT2D eigenvalue weighted by Crippen LogP contribution is -2.20. The normalized spacial score (nSPS) is 11.0. The minimum Gasteiger partial charge on any atom is -0.490 e. The number of nitrogens with zero attached hydrogens (tertiary/aromatic N) is 4. The van der Waals surface area contributed by atoms with Crippen molar-refractivity contribution in [3.8, 4) is 17.6 Å². The molecule has 0 unspecified atom stereocenters. The number of aryl methyl sites for hydroxylation is 1. The molecule has 0 aliphatic heterocycles. The zero-order chi connectivity index (χ0) is 21.0. The fourth-order valence-electron chi connectivity index (χ4n) is 2.69. The van der Waals surface area contributed by atoms with Crippen LogP contribution < -0.4 is 15.0 Å². The molecule has 3 rings (SSSR count). The maximum Gasteiger partial charge on any atom is 0.282 e. The standard InChI is InChI=1S/C20H16BrIN4O3/c1-3-28-18-9-13(8-16(22)19(18)29-7-6-23)11-24-26-12(2)25-17-5-4-14(21)10-15(17)20(26)27/h4-5,8-11H,3,7H2,1-2H3. The van der Waals surface area contributed by atoms with Gasteiger partial charge in [0.1, 0.15) is 11.9 Å². The van der Waals surface area contributed by atoms with E-state index in [1.807, 2.05) is 25.1 Å². The van der Waals surface area contributed by atoms with Crippen molar-refractivity contribution in [3.63, 3.8) is 0 Å². The zero-order valence-corrected chi connectivity index (χ0v) is 19.4. The van der Waals surface area contributed by atoms with Gasteiger partial charge in [-0.25, -0.2) is 4.98 Å². The van der Waals surface area contributed by atoms with Crippen LogP contribution in [0.4, 0.5) is 0 Å². The first-order valence-corrected chi connectivity index (χ1v) is 10.5. The lowest BCUT2D eigenvalue weighted by molar-refractivity contribution is 0.297. The van der Waals surface area contributed by atoms with Crippen LogP contribution in [0.15, 0.2) is 44.7 Å². The second-order valence-corrected chi connectivity index (χ2v) is 7.97. The van der Waals surface area contributed by atoms with Gasteiger partial charge in [-0.05, 0) is 72.3 Å². The van der Waals surface area contributed by atoms with Gasteiger partial charge in [0.2, 0.25) is 0 Å². The van der Waals surface area contributed by atoms with Gasteiger partial charge >= 0.3 is 0 Å². The maximum atomic E-state index is 12.8. The van der Waals surface area contributed by atoms with Crippen molar-refractivity contribution in [1.82, 2.24) is 9.66 Å². The fourth-order valence-corrected chi connectivity index (χ4v) is 3.83. The molecule has 0 saturated heterocycles. The molecule has 1 aromatic heterocycles. The van der Waals surface area contributed by atoms with Crippen LogP contribution in [0.5, 0.6) is 11.5 Å². The number of benzene rings is 2. The van der Waals surface area contributed by atoms with E-state index in [-0.39, 0.29) is 12.2 Å². The first kappa shape index (κ1) is 21.3. The van der Waals surface area contributed by atoms with Crippen LogP contribution in [0.25, 0.3) is 10.9 Å². The van der Waals surface area contributed by atoms with Gasteiger partial charge < -0.3 is 9.47 Å². The molecule has 29 heavy (non-hydrogen) atoms. The van der Waals surface area contributed by atoms with Crippen molar-refractivity contribution in [2.45, 2.75) is 13.8 Å². The molecule has 0 amide bonds. The predicted octanol–water partition coefficient (Wildman–Crippen LogP) is 4.26. The van der Waals surface area contributed by atoms with Gasteiger partial charge in [0.05, 0.1) is 27.3 Å². The van der Waals surface area contributed by atoms with Crippen LogP contribution in [0, 0.1) is 21.8 Å². The van der Waals surface area contributed by atoms with Crippen molar-refractivity contribution in [2.75, 3.05) is 13.2 Å². The van der Waals surface area contributed by atoms with Crippen LogP contribution in [-0.2, 0) is 0 Å². The highest BCUT2D eigenvalue weighted by Gasteiger charge is 2.12. The van der Waals surface area contributed by atoms with E-state index in [4.69, 9.17) is 14.7 Å². The monoisotopic (exact) mass is 566 g/mol. The Hall–Kier alpha value is -2.45. The predicted molar refractivity (Wildman–Crippen MR) is 123 cm³/mol. The summed E-state index contributed by atoms with van der Waals surface area (Å²) in [5.41, 5.74) is 1.09. The quantitative estimate of drug-likeness (QED) is 0.329. The van der Waals surface area contributed by atoms with Gasteiger partial charge in [0.15, 0.2) is 18.1 Å². The molecule has 9 heteroatoms. The Morgan fingerprint density at radius 1 is 1.34 bits per heavy atom. The second kappa shape index (κ2) is 9.37. The molecule has 0 fully saturated rings. The minimum atomic E-state index is -0.251. The number of hydrogen-bond acceptors (Lipinski definition) is 6. The molecule has 0 aliphatic rings. The molecule has 1 heterocycles. The van der Waals surface area contributed by atoms with Crippen molar-refractivity contribution in [1.29, 1.82) is 5.26 Å². The summed E-state index contributed by atoms with van der Waals surface area (Å²) in [5, 5.41) is 13.6. The summed E-state index contributed by atoms with van der Waals surface area (Å²) in [5.74, 6) is 1.51. The highest BCUT2D eigenvalue weighted by Crippen LogP contribution is 2.33. The summed E-state index contributed by atoms with van der Waals surface area (Å²) in [6, 6.07) is 10.9.